The highest BCUT2D eigenvalue weighted by Gasteiger charge is 2.11. The van der Waals surface area contributed by atoms with Gasteiger partial charge < -0.3 is 9.67 Å². The molecule has 0 bridgehead atoms. The maximum Gasteiger partial charge on any atom is 0.313 e. The summed E-state index contributed by atoms with van der Waals surface area (Å²) in [5, 5.41) is 17.0. The Kier molecular flexibility index (Phi) is 5.31. The van der Waals surface area contributed by atoms with Crippen molar-refractivity contribution in [2.24, 2.45) is 5.92 Å². The van der Waals surface area contributed by atoms with Crippen molar-refractivity contribution in [1.29, 1.82) is 0 Å². The van der Waals surface area contributed by atoms with Gasteiger partial charge in [-0.2, -0.15) is 0 Å². The molecule has 0 atom stereocenters. The third-order valence-corrected chi connectivity index (χ3v) is 3.48. The molecule has 0 saturated carbocycles. The minimum absolute atomic E-state index is 0.0294. The average molecular weight is 243 g/mol. The number of hydrogen-bond acceptors (Lipinski definition) is 4. The first-order valence-corrected chi connectivity index (χ1v) is 6.38. The summed E-state index contributed by atoms with van der Waals surface area (Å²) in [6, 6.07) is 0. The number of carbonyl (C=O) groups is 1. The minimum Gasteiger partial charge on any atom is -0.481 e. The molecule has 0 fully saturated rings. The highest BCUT2D eigenvalue weighted by atomic mass is 32.2. The second-order valence-corrected chi connectivity index (χ2v) is 4.57. The molecule has 0 spiro atoms. The van der Waals surface area contributed by atoms with Crippen molar-refractivity contribution in [2.75, 3.05) is 5.75 Å². The maximum absolute atomic E-state index is 10.5. The third kappa shape index (κ3) is 3.84. The maximum atomic E-state index is 10.5. The zero-order chi connectivity index (χ0) is 12.0. The Balaban J connectivity index is 2.59. The molecule has 0 saturated heterocycles. The van der Waals surface area contributed by atoms with E-state index in [4.69, 9.17) is 5.11 Å². The fraction of sp³-hybridized carbons (Fsp3) is 0.700. The second-order valence-electron chi connectivity index (χ2n) is 3.63. The summed E-state index contributed by atoms with van der Waals surface area (Å²) in [5.41, 5.74) is 0. The fourth-order valence-corrected chi connectivity index (χ4v) is 2.08. The van der Waals surface area contributed by atoms with Crippen LogP contribution in [0.4, 0.5) is 0 Å². The Morgan fingerprint density at radius 1 is 1.56 bits per heavy atom. The van der Waals surface area contributed by atoms with Crippen LogP contribution in [0.3, 0.4) is 0 Å². The smallest absolute Gasteiger partial charge is 0.313 e. The SMILES string of the molecule is CCC(CC)Cn1cnnc1SCC(=O)O. The number of hydrogen-bond donors (Lipinski definition) is 1. The van der Waals surface area contributed by atoms with E-state index in [1.165, 1.54) is 11.8 Å². The number of aromatic nitrogens is 3. The molecule has 0 aliphatic rings. The predicted octanol–water partition coefficient (Wildman–Crippen LogP) is 1.89. The number of rotatable bonds is 7. The van der Waals surface area contributed by atoms with E-state index in [1.807, 2.05) is 4.57 Å². The van der Waals surface area contributed by atoms with Crippen molar-refractivity contribution in [2.45, 2.75) is 38.4 Å². The van der Waals surface area contributed by atoms with Gasteiger partial charge in [-0.15, -0.1) is 10.2 Å². The van der Waals surface area contributed by atoms with Crippen molar-refractivity contribution < 1.29 is 9.90 Å². The molecule has 1 aromatic rings. The molecule has 0 amide bonds. The van der Waals surface area contributed by atoms with Gasteiger partial charge in [0, 0.05) is 6.54 Å². The molecule has 6 heteroatoms. The van der Waals surface area contributed by atoms with E-state index in [-0.39, 0.29) is 5.75 Å². The summed E-state index contributed by atoms with van der Waals surface area (Å²) in [6.45, 7) is 5.17. The molecular formula is C10H17N3O2S. The van der Waals surface area contributed by atoms with E-state index < -0.39 is 5.97 Å². The molecule has 0 aliphatic carbocycles. The fourth-order valence-electron chi connectivity index (χ4n) is 1.43. The van der Waals surface area contributed by atoms with Crippen molar-refractivity contribution in [3.8, 4) is 0 Å². The van der Waals surface area contributed by atoms with Gasteiger partial charge in [0.15, 0.2) is 5.16 Å². The van der Waals surface area contributed by atoms with Gasteiger partial charge in [-0.1, -0.05) is 38.5 Å². The molecule has 1 heterocycles. The largest absolute Gasteiger partial charge is 0.481 e. The van der Waals surface area contributed by atoms with E-state index in [9.17, 15) is 4.79 Å². The van der Waals surface area contributed by atoms with Crippen LogP contribution in [0.5, 0.6) is 0 Å². The van der Waals surface area contributed by atoms with Gasteiger partial charge in [0.25, 0.3) is 0 Å². The van der Waals surface area contributed by atoms with Crippen LogP contribution in [-0.2, 0) is 11.3 Å². The van der Waals surface area contributed by atoms with Gasteiger partial charge in [-0.25, -0.2) is 0 Å². The Morgan fingerprint density at radius 2 is 2.25 bits per heavy atom. The van der Waals surface area contributed by atoms with Crippen LogP contribution in [0, 0.1) is 5.92 Å². The van der Waals surface area contributed by atoms with Crippen LogP contribution < -0.4 is 0 Å². The van der Waals surface area contributed by atoms with Crippen LogP contribution in [0.15, 0.2) is 11.5 Å². The van der Waals surface area contributed by atoms with Crippen molar-refractivity contribution in [1.82, 2.24) is 14.8 Å². The lowest BCUT2D eigenvalue weighted by atomic mass is 10.0. The zero-order valence-electron chi connectivity index (χ0n) is 9.59. The number of nitrogens with zero attached hydrogens (tertiary/aromatic N) is 3. The normalized spacial score (nSPS) is 10.9. The van der Waals surface area contributed by atoms with Crippen LogP contribution in [0.1, 0.15) is 26.7 Å². The molecule has 1 rings (SSSR count). The van der Waals surface area contributed by atoms with Crippen molar-refractivity contribution >= 4 is 17.7 Å². The Morgan fingerprint density at radius 3 is 2.81 bits per heavy atom. The van der Waals surface area contributed by atoms with Gasteiger partial charge in [-0.3, -0.25) is 4.79 Å². The lowest BCUT2D eigenvalue weighted by Gasteiger charge is -2.13. The summed E-state index contributed by atoms with van der Waals surface area (Å²) in [7, 11) is 0. The molecule has 1 N–H and O–H groups in total. The first-order valence-electron chi connectivity index (χ1n) is 5.39. The van der Waals surface area contributed by atoms with Crippen LogP contribution in [0.2, 0.25) is 0 Å². The van der Waals surface area contributed by atoms with E-state index in [2.05, 4.69) is 24.0 Å². The highest BCUT2D eigenvalue weighted by molar-refractivity contribution is 7.99. The molecule has 0 radical (unpaired) electrons. The summed E-state index contributed by atoms with van der Waals surface area (Å²) in [4.78, 5) is 10.5. The van der Waals surface area contributed by atoms with Crippen LogP contribution >= 0.6 is 11.8 Å². The molecule has 90 valence electrons. The second kappa shape index (κ2) is 6.52. The molecule has 0 unspecified atom stereocenters. The first kappa shape index (κ1) is 13.0. The Bertz CT molecular complexity index is 337. The van der Waals surface area contributed by atoms with E-state index in [0.717, 1.165) is 19.4 Å². The third-order valence-electron chi connectivity index (χ3n) is 2.51. The highest BCUT2D eigenvalue weighted by Crippen LogP contribution is 2.18. The van der Waals surface area contributed by atoms with E-state index >= 15 is 0 Å². The molecule has 1 aromatic heterocycles. The quantitative estimate of drug-likeness (QED) is 0.741. The summed E-state index contributed by atoms with van der Waals surface area (Å²) in [5.74, 6) is -0.205. The van der Waals surface area contributed by atoms with Gasteiger partial charge in [-0.05, 0) is 5.92 Å². The summed E-state index contributed by atoms with van der Waals surface area (Å²) in [6.07, 6.45) is 3.89. The molecule has 16 heavy (non-hydrogen) atoms. The zero-order valence-corrected chi connectivity index (χ0v) is 10.4. The van der Waals surface area contributed by atoms with Crippen LogP contribution in [-0.4, -0.2) is 31.6 Å². The van der Waals surface area contributed by atoms with Gasteiger partial charge >= 0.3 is 5.97 Å². The topological polar surface area (TPSA) is 68.0 Å². The monoisotopic (exact) mass is 243 g/mol. The van der Waals surface area contributed by atoms with Gasteiger partial charge in [0.2, 0.25) is 0 Å². The lowest BCUT2D eigenvalue weighted by molar-refractivity contribution is -0.133. The summed E-state index contributed by atoms with van der Waals surface area (Å²) < 4.78 is 1.94. The van der Waals surface area contributed by atoms with Crippen LogP contribution in [0.25, 0.3) is 0 Å². The predicted molar refractivity (Wildman–Crippen MR) is 62.5 cm³/mol. The first-order chi connectivity index (χ1) is 7.67. The lowest BCUT2D eigenvalue weighted by Crippen LogP contribution is -2.10. The van der Waals surface area contributed by atoms with E-state index in [1.54, 1.807) is 6.33 Å². The van der Waals surface area contributed by atoms with Gasteiger partial charge in [0.05, 0.1) is 5.75 Å². The number of thioether (sulfide) groups is 1. The number of carboxylic acids is 1. The molecule has 5 nitrogen and oxygen atoms in total. The molecule has 0 aromatic carbocycles. The number of carboxylic acid groups (broad SMARTS) is 1. The summed E-state index contributed by atoms with van der Waals surface area (Å²) >= 11 is 1.21. The minimum atomic E-state index is -0.831. The number of aliphatic carboxylic acids is 1. The van der Waals surface area contributed by atoms with Crippen molar-refractivity contribution in [3.63, 3.8) is 0 Å². The Hall–Kier alpha value is -1.04. The van der Waals surface area contributed by atoms with E-state index in [0.29, 0.717) is 11.1 Å². The van der Waals surface area contributed by atoms with Crippen molar-refractivity contribution in [3.05, 3.63) is 6.33 Å². The Labute approximate surface area is 99.3 Å². The molecule has 0 aliphatic heterocycles. The average Bonchev–Trinajstić information content (AvgIpc) is 2.70. The van der Waals surface area contributed by atoms with Gasteiger partial charge in [0.1, 0.15) is 6.33 Å². The molecular weight excluding hydrogens is 226 g/mol. The standard InChI is InChI=1S/C10H17N3O2S/c1-3-8(4-2)5-13-7-11-12-10(13)16-6-9(14)15/h7-8H,3-6H2,1-2H3,(H,14,15).